The third-order valence-corrected chi connectivity index (χ3v) is 6.89. The van der Waals surface area contributed by atoms with Crippen LogP contribution >= 0.6 is 11.6 Å². The van der Waals surface area contributed by atoms with E-state index in [-0.39, 0.29) is 10.6 Å². The molecule has 0 aromatic heterocycles. The monoisotopic (exact) mass is 407 g/mol. The molecule has 2 aromatic rings. The van der Waals surface area contributed by atoms with Crippen LogP contribution in [0.15, 0.2) is 47.4 Å². The maximum Gasteiger partial charge on any atom is 0.244 e. The number of rotatable bonds is 7. The molecule has 0 bridgehead atoms. The van der Waals surface area contributed by atoms with Crippen molar-refractivity contribution in [3.05, 3.63) is 58.6 Å². The lowest BCUT2D eigenvalue weighted by Crippen LogP contribution is -2.26. The third kappa shape index (κ3) is 5.24. The first kappa shape index (κ1) is 20.2. The minimum atomic E-state index is -3.68. The second-order valence-electron chi connectivity index (χ2n) is 7.02. The van der Waals surface area contributed by atoms with Crippen molar-refractivity contribution < 1.29 is 13.2 Å². The van der Waals surface area contributed by atoms with E-state index in [9.17, 15) is 8.42 Å². The van der Waals surface area contributed by atoms with Crippen molar-refractivity contribution in [3.8, 4) is 5.75 Å². The highest BCUT2D eigenvalue weighted by atomic mass is 35.5. The standard InChI is InChI=1S/C21H26ClNO3S/c1-26-20-12-11-19(22)15-21(20)27(24,25)23-14-13-16-7-9-18(10-8-16)17-5-3-2-4-6-17/h7-12,15,17,23H,2-6,13-14H2,1H3. The molecule has 1 saturated carbocycles. The van der Waals surface area contributed by atoms with Crippen LogP contribution in [-0.2, 0) is 16.4 Å². The van der Waals surface area contributed by atoms with Crippen molar-refractivity contribution in [3.63, 3.8) is 0 Å². The fraction of sp³-hybridized carbons (Fsp3) is 0.429. The Bertz CT molecular complexity index is 859. The highest BCUT2D eigenvalue weighted by Gasteiger charge is 2.20. The fourth-order valence-electron chi connectivity index (χ4n) is 3.66. The zero-order chi connectivity index (χ0) is 19.3. The molecule has 2 aromatic carbocycles. The summed E-state index contributed by atoms with van der Waals surface area (Å²) in [6.45, 7) is 0.320. The lowest BCUT2D eigenvalue weighted by Gasteiger charge is -2.22. The van der Waals surface area contributed by atoms with Gasteiger partial charge in [-0.1, -0.05) is 55.1 Å². The number of nitrogens with one attached hydrogen (secondary N) is 1. The number of benzene rings is 2. The summed E-state index contributed by atoms with van der Waals surface area (Å²) in [7, 11) is -2.24. The van der Waals surface area contributed by atoms with Crippen molar-refractivity contribution in [2.75, 3.05) is 13.7 Å². The van der Waals surface area contributed by atoms with E-state index in [4.69, 9.17) is 16.3 Å². The molecular weight excluding hydrogens is 382 g/mol. The lowest BCUT2D eigenvalue weighted by atomic mass is 9.84. The molecule has 1 N–H and O–H groups in total. The van der Waals surface area contributed by atoms with E-state index in [2.05, 4.69) is 29.0 Å². The normalized spacial score (nSPS) is 15.6. The highest BCUT2D eigenvalue weighted by molar-refractivity contribution is 7.89. The molecule has 0 unspecified atom stereocenters. The first-order valence-corrected chi connectivity index (χ1v) is 11.3. The van der Waals surface area contributed by atoms with Crippen molar-refractivity contribution in [1.29, 1.82) is 0 Å². The number of halogens is 1. The Morgan fingerprint density at radius 1 is 1.07 bits per heavy atom. The van der Waals surface area contributed by atoms with E-state index in [1.54, 1.807) is 12.1 Å². The minimum absolute atomic E-state index is 0.0603. The van der Waals surface area contributed by atoms with Crippen LogP contribution in [0.5, 0.6) is 5.75 Å². The molecule has 0 aliphatic heterocycles. The predicted octanol–water partition coefficient (Wildman–Crippen LogP) is 4.92. The summed E-state index contributed by atoms with van der Waals surface area (Å²) in [5.74, 6) is 0.963. The number of ether oxygens (including phenoxy) is 1. The van der Waals surface area contributed by atoms with Gasteiger partial charge in [-0.05, 0) is 54.5 Å². The van der Waals surface area contributed by atoms with Gasteiger partial charge in [-0.25, -0.2) is 13.1 Å². The average molecular weight is 408 g/mol. The predicted molar refractivity (Wildman–Crippen MR) is 109 cm³/mol. The average Bonchev–Trinajstić information content (AvgIpc) is 2.69. The van der Waals surface area contributed by atoms with E-state index in [1.165, 1.54) is 50.8 Å². The van der Waals surface area contributed by atoms with Crippen LogP contribution in [0.4, 0.5) is 0 Å². The van der Waals surface area contributed by atoms with E-state index in [0.717, 1.165) is 5.56 Å². The molecular formula is C21H26ClNO3S. The maximum absolute atomic E-state index is 12.6. The fourth-order valence-corrected chi connectivity index (χ4v) is 5.12. The van der Waals surface area contributed by atoms with E-state index < -0.39 is 10.0 Å². The summed E-state index contributed by atoms with van der Waals surface area (Å²) in [5, 5.41) is 0.356. The van der Waals surface area contributed by atoms with Crippen LogP contribution in [0.2, 0.25) is 5.02 Å². The molecule has 146 valence electrons. The molecule has 0 amide bonds. The Balaban J connectivity index is 1.59. The van der Waals surface area contributed by atoms with Gasteiger partial charge in [0.25, 0.3) is 0 Å². The summed E-state index contributed by atoms with van der Waals surface area (Å²) in [5.41, 5.74) is 2.53. The van der Waals surface area contributed by atoms with Gasteiger partial charge < -0.3 is 4.74 Å². The van der Waals surface area contributed by atoms with Crippen LogP contribution in [0, 0.1) is 0 Å². The smallest absolute Gasteiger partial charge is 0.244 e. The van der Waals surface area contributed by atoms with Gasteiger partial charge in [0.05, 0.1) is 7.11 Å². The van der Waals surface area contributed by atoms with Crippen molar-refractivity contribution >= 4 is 21.6 Å². The molecule has 3 rings (SSSR count). The molecule has 0 saturated heterocycles. The largest absolute Gasteiger partial charge is 0.495 e. The molecule has 0 heterocycles. The maximum atomic E-state index is 12.6. The Hall–Kier alpha value is -1.56. The van der Waals surface area contributed by atoms with Crippen LogP contribution in [0.1, 0.15) is 49.1 Å². The minimum Gasteiger partial charge on any atom is -0.495 e. The van der Waals surface area contributed by atoms with Gasteiger partial charge in [0.2, 0.25) is 10.0 Å². The molecule has 1 aliphatic carbocycles. The summed E-state index contributed by atoms with van der Waals surface area (Å²) < 4.78 is 32.9. The topological polar surface area (TPSA) is 55.4 Å². The third-order valence-electron chi connectivity index (χ3n) is 5.18. The first-order valence-electron chi connectivity index (χ1n) is 9.41. The Labute approximate surface area is 166 Å². The van der Waals surface area contributed by atoms with Gasteiger partial charge in [0.15, 0.2) is 0 Å². The number of sulfonamides is 1. The molecule has 0 radical (unpaired) electrons. The highest BCUT2D eigenvalue weighted by Crippen LogP contribution is 2.32. The van der Waals surface area contributed by atoms with E-state index in [0.29, 0.717) is 23.9 Å². The van der Waals surface area contributed by atoms with E-state index in [1.807, 2.05) is 0 Å². The second kappa shape index (κ2) is 9.09. The first-order chi connectivity index (χ1) is 13.0. The van der Waals surface area contributed by atoms with Crippen molar-refractivity contribution in [2.24, 2.45) is 0 Å². The van der Waals surface area contributed by atoms with Gasteiger partial charge in [0.1, 0.15) is 10.6 Å². The summed E-state index contributed by atoms with van der Waals surface area (Å²) in [4.78, 5) is 0.0603. The van der Waals surface area contributed by atoms with Crippen LogP contribution < -0.4 is 9.46 Å². The molecule has 1 aliphatic rings. The van der Waals surface area contributed by atoms with E-state index >= 15 is 0 Å². The second-order valence-corrected chi connectivity index (χ2v) is 9.19. The molecule has 6 heteroatoms. The van der Waals surface area contributed by atoms with Crippen LogP contribution in [0.3, 0.4) is 0 Å². The van der Waals surface area contributed by atoms with Gasteiger partial charge in [0, 0.05) is 11.6 Å². The Morgan fingerprint density at radius 3 is 2.44 bits per heavy atom. The SMILES string of the molecule is COc1ccc(Cl)cc1S(=O)(=O)NCCc1ccc(C2CCCCC2)cc1. The summed E-state index contributed by atoms with van der Waals surface area (Å²) in [6, 6.07) is 13.2. The molecule has 0 spiro atoms. The molecule has 1 fully saturated rings. The number of methoxy groups -OCH3 is 1. The van der Waals surface area contributed by atoms with Gasteiger partial charge in [-0.15, -0.1) is 0 Å². The summed E-state index contributed by atoms with van der Waals surface area (Å²) >= 11 is 5.94. The van der Waals surface area contributed by atoms with Crippen LogP contribution in [-0.4, -0.2) is 22.1 Å². The zero-order valence-electron chi connectivity index (χ0n) is 15.6. The van der Waals surface area contributed by atoms with Gasteiger partial charge >= 0.3 is 0 Å². The lowest BCUT2D eigenvalue weighted by molar-refractivity contribution is 0.402. The van der Waals surface area contributed by atoms with Crippen molar-refractivity contribution in [1.82, 2.24) is 4.72 Å². The summed E-state index contributed by atoms with van der Waals surface area (Å²) in [6.07, 6.45) is 7.18. The number of hydrogen-bond donors (Lipinski definition) is 1. The quantitative estimate of drug-likeness (QED) is 0.708. The van der Waals surface area contributed by atoms with Crippen molar-refractivity contribution in [2.45, 2.75) is 49.3 Å². The van der Waals surface area contributed by atoms with Gasteiger partial charge in [-0.3, -0.25) is 0 Å². The molecule has 27 heavy (non-hydrogen) atoms. The zero-order valence-corrected chi connectivity index (χ0v) is 17.2. The Morgan fingerprint density at radius 2 is 1.78 bits per heavy atom. The molecule has 4 nitrogen and oxygen atoms in total. The molecule has 0 atom stereocenters. The Kier molecular flexibility index (Phi) is 6.79. The van der Waals surface area contributed by atoms with Crippen LogP contribution in [0.25, 0.3) is 0 Å². The number of hydrogen-bond acceptors (Lipinski definition) is 3. The van der Waals surface area contributed by atoms with Gasteiger partial charge in [-0.2, -0.15) is 0 Å².